The summed E-state index contributed by atoms with van der Waals surface area (Å²) < 4.78 is 22.6. The number of hydrogen-bond acceptors (Lipinski definition) is 6. The summed E-state index contributed by atoms with van der Waals surface area (Å²) in [4.78, 5) is 16.9. The number of nitrogens with zero attached hydrogens (tertiary/aromatic N) is 2. The fraction of sp³-hybridized carbons (Fsp3) is 0.320. The predicted octanol–water partition coefficient (Wildman–Crippen LogP) is 4.36. The molecule has 0 unspecified atom stereocenters. The van der Waals surface area contributed by atoms with Gasteiger partial charge in [-0.05, 0) is 36.4 Å². The first kappa shape index (κ1) is 23.0. The topological polar surface area (TPSA) is 64.4 Å². The molecule has 4 rings (SSSR count). The fourth-order valence-electron chi connectivity index (χ4n) is 3.63. The third-order valence-corrected chi connectivity index (χ3v) is 5.78. The standard InChI is InChI=1S/C25H27ClN2O5/c1-30-22-8-4-5-9-23(22)32-18-19-10-11-24(33-19)25(29)28-14-12-27(13-15-28)16-17-31-21-7-3-2-6-20(21)26/h2-11H,12-18H2,1H3. The molecule has 174 valence electrons. The Balaban J connectivity index is 1.22. The summed E-state index contributed by atoms with van der Waals surface area (Å²) in [5.74, 6) is 2.76. The van der Waals surface area contributed by atoms with Crippen LogP contribution in [-0.4, -0.2) is 62.1 Å². The van der Waals surface area contributed by atoms with Gasteiger partial charge in [-0.2, -0.15) is 0 Å². The number of furan rings is 1. The highest BCUT2D eigenvalue weighted by atomic mass is 35.5. The number of ether oxygens (including phenoxy) is 3. The molecule has 1 fully saturated rings. The van der Waals surface area contributed by atoms with E-state index in [9.17, 15) is 4.79 Å². The van der Waals surface area contributed by atoms with Gasteiger partial charge in [0.05, 0.1) is 12.1 Å². The molecule has 0 spiro atoms. The van der Waals surface area contributed by atoms with Crippen LogP contribution in [-0.2, 0) is 6.61 Å². The molecule has 33 heavy (non-hydrogen) atoms. The number of hydrogen-bond donors (Lipinski definition) is 0. The van der Waals surface area contributed by atoms with E-state index < -0.39 is 0 Å². The Bertz CT molecular complexity index is 1060. The van der Waals surface area contributed by atoms with E-state index in [1.54, 1.807) is 19.2 Å². The molecule has 0 aliphatic carbocycles. The lowest BCUT2D eigenvalue weighted by molar-refractivity contribution is 0.0586. The lowest BCUT2D eigenvalue weighted by Gasteiger charge is -2.34. The van der Waals surface area contributed by atoms with Crippen molar-refractivity contribution in [1.29, 1.82) is 0 Å². The maximum atomic E-state index is 12.8. The van der Waals surface area contributed by atoms with Gasteiger partial charge >= 0.3 is 0 Å². The number of carbonyl (C=O) groups is 1. The summed E-state index contributed by atoms with van der Waals surface area (Å²) in [5, 5.41) is 0.610. The molecule has 1 saturated heterocycles. The zero-order chi connectivity index (χ0) is 23.0. The Labute approximate surface area is 198 Å². The molecule has 2 aromatic carbocycles. The Morgan fingerprint density at radius 1 is 0.909 bits per heavy atom. The zero-order valence-corrected chi connectivity index (χ0v) is 19.3. The second-order valence-electron chi connectivity index (χ2n) is 7.62. The molecule has 2 heterocycles. The van der Waals surface area contributed by atoms with E-state index in [0.29, 0.717) is 53.5 Å². The van der Waals surface area contributed by atoms with Crippen molar-refractivity contribution in [3.8, 4) is 17.2 Å². The Morgan fingerprint density at radius 3 is 2.33 bits per heavy atom. The summed E-state index contributed by atoms with van der Waals surface area (Å²) in [5.41, 5.74) is 0. The molecule has 1 amide bonds. The summed E-state index contributed by atoms with van der Waals surface area (Å²) in [6, 6.07) is 18.3. The van der Waals surface area contributed by atoms with Crippen molar-refractivity contribution in [1.82, 2.24) is 9.80 Å². The average molecular weight is 471 g/mol. The molecule has 0 radical (unpaired) electrons. The van der Waals surface area contributed by atoms with E-state index in [2.05, 4.69) is 4.90 Å². The highest BCUT2D eigenvalue weighted by molar-refractivity contribution is 6.32. The van der Waals surface area contributed by atoms with Gasteiger partial charge in [-0.1, -0.05) is 35.9 Å². The second-order valence-corrected chi connectivity index (χ2v) is 8.03. The average Bonchev–Trinajstić information content (AvgIpc) is 3.33. The van der Waals surface area contributed by atoms with Crippen LogP contribution in [0.3, 0.4) is 0 Å². The molecule has 8 heteroatoms. The predicted molar refractivity (Wildman–Crippen MR) is 125 cm³/mol. The quantitative estimate of drug-likeness (QED) is 0.463. The zero-order valence-electron chi connectivity index (χ0n) is 18.5. The number of rotatable bonds is 9. The summed E-state index contributed by atoms with van der Waals surface area (Å²) >= 11 is 6.12. The van der Waals surface area contributed by atoms with E-state index in [0.717, 1.165) is 19.6 Å². The Hall–Kier alpha value is -3.16. The minimum absolute atomic E-state index is 0.106. The number of piperazine rings is 1. The van der Waals surface area contributed by atoms with Gasteiger partial charge in [0.15, 0.2) is 17.3 Å². The van der Waals surface area contributed by atoms with Crippen molar-refractivity contribution in [3.63, 3.8) is 0 Å². The third kappa shape index (κ3) is 6.00. The van der Waals surface area contributed by atoms with Crippen LogP contribution in [0, 0.1) is 0 Å². The van der Waals surface area contributed by atoms with Crippen molar-refractivity contribution in [3.05, 3.63) is 77.2 Å². The van der Waals surface area contributed by atoms with Crippen LogP contribution >= 0.6 is 11.6 Å². The summed E-state index contributed by atoms with van der Waals surface area (Å²) in [6.07, 6.45) is 0. The van der Waals surface area contributed by atoms with Gasteiger partial charge in [-0.15, -0.1) is 0 Å². The van der Waals surface area contributed by atoms with Gasteiger partial charge in [0, 0.05) is 32.7 Å². The summed E-state index contributed by atoms with van der Waals surface area (Å²) in [7, 11) is 1.59. The number of amides is 1. The second kappa shape index (κ2) is 11.1. The molecule has 7 nitrogen and oxygen atoms in total. The molecule has 1 aliphatic rings. The molecular formula is C25H27ClN2O5. The van der Waals surface area contributed by atoms with E-state index in [4.69, 9.17) is 30.2 Å². The van der Waals surface area contributed by atoms with Crippen molar-refractivity contribution in [2.45, 2.75) is 6.61 Å². The smallest absolute Gasteiger partial charge is 0.289 e. The number of methoxy groups -OCH3 is 1. The van der Waals surface area contributed by atoms with Gasteiger partial charge in [-0.25, -0.2) is 0 Å². The third-order valence-electron chi connectivity index (χ3n) is 5.47. The molecule has 1 aromatic heterocycles. The maximum Gasteiger partial charge on any atom is 0.289 e. The van der Waals surface area contributed by atoms with Crippen LogP contribution in [0.15, 0.2) is 65.1 Å². The molecule has 1 aliphatic heterocycles. The van der Waals surface area contributed by atoms with Gasteiger partial charge in [0.25, 0.3) is 5.91 Å². The van der Waals surface area contributed by atoms with Crippen LogP contribution in [0.1, 0.15) is 16.3 Å². The van der Waals surface area contributed by atoms with Crippen LogP contribution in [0.2, 0.25) is 5.02 Å². The van der Waals surface area contributed by atoms with Gasteiger partial charge < -0.3 is 23.5 Å². The van der Waals surface area contributed by atoms with Crippen LogP contribution in [0.4, 0.5) is 0 Å². The molecule has 3 aromatic rings. The number of benzene rings is 2. The van der Waals surface area contributed by atoms with Gasteiger partial charge in [0.2, 0.25) is 0 Å². The molecular weight excluding hydrogens is 444 g/mol. The first-order valence-electron chi connectivity index (χ1n) is 10.9. The minimum atomic E-state index is -0.106. The van der Waals surface area contributed by atoms with E-state index in [1.807, 2.05) is 53.4 Å². The van der Waals surface area contributed by atoms with Crippen LogP contribution in [0.25, 0.3) is 0 Å². The first-order chi connectivity index (χ1) is 16.1. The maximum absolute atomic E-state index is 12.8. The molecule has 0 saturated carbocycles. The molecule has 0 atom stereocenters. The van der Waals surface area contributed by atoms with E-state index in [-0.39, 0.29) is 12.5 Å². The van der Waals surface area contributed by atoms with E-state index >= 15 is 0 Å². The van der Waals surface area contributed by atoms with Crippen molar-refractivity contribution in [2.24, 2.45) is 0 Å². The first-order valence-corrected chi connectivity index (χ1v) is 11.3. The fourth-order valence-corrected chi connectivity index (χ4v) is 3.82. The van der Waals surface area contributed by atoms with Crippen molar-refractivity contribution < 1.29 is 23.4 Å². The highest BCUT2D eigenvalue weighted by Gasteiger charge is 2.24. The normalized spacial score (nSPS) is 14.2. The summed E-state index contributed by atoms with van der Waals surface area (Å²) in [6.45, 7) is 4.37. The lowest BCUT2D eigenvalue weighted by Crippen LogP contribution is -2.49. The van der Waals surface area contributed by atoms with Crippen LogP contribution in [0.5, 0.6) is 17.2 Å². The number of halogens is 1. The van der Waals surface area contributed by atoms with Crippen molar-refractivity contribution >= 4 is 17.5 Å². The van der Waals surface area contributed by atoms with E-state index in [1.165, 1.54) is 0 Å². The van der Waals surface area contributed by atoms with Gasteiger partial charge in [-0.3, -0.25) is 9.69 Å². The highest BCUT2D eigenvalue weighted by Crippen LogP contribution is 2.27. The largest absolute Gasteiger partial charge is 0.493 e. The van der Waals surface area contributed by atoms with Crippen molar-refractivity contribution in [2.75, 3.05) is 46.4 Å². The minimum Gasteiger partial charge on any atom is -0.493 e. The Morgan fingerprint density at radius 2 is 1.61 bits per heavy atom. The number of para-hydroxylation sites is 3. The SMILES string of the molecule is COc1ccccc1OCc1ccc(C(=O)N2CCN(CCOc3ccccc3Cl)CC2)o1. The molecule has 0 bridgehead atoms. The molecule has 0 N–H and O–H groups in total. The van der Waals surface area contributed by atoms with Gasteiger partial charge in [0.1, 0.15) is 24.7 Å². The number of carbonyl (C=O) groups excluding carboxylic acids is 1. The monoisotopic (exact) mass is 470 g/mol. The Kier molecular flexibility index (Phi) is 7.75. The lowest BCUT2D eigenvalue weighted by atomic mass is 10.3. The van der Waals surface area contributed by atoms with Crippen LogP contribution < -0.4 is 14.2 Å².